The number of halogens is 1. The van der Waals surface area contributed by atoms with Crippen LogP contribution >= 0.6 is 11.6 Å². The summed E-state index contributed by atoms with van der Waals surface area (Å²) in [5.41, 5.74) is 4.34. The van der Waals surface area contributed by atoms with Gasteiger partial charge in [0.2, 0.25) is 0 Å². The van der Waals surface area contributed by atoms with Crippen molar-refractivity contribution in [1.29, 1.82) is 0 Å². The van der Waals surface area contributed by atoms with Crippen LogP contribution < -0.4 is 4.74 Å². The summed E-state index contributed by atoms with van der Waals surface area (Å²) in [6, 6.07) is 9.57. The van der Waals surface area contributed by atoms with E-state index in [2.05, 4.69) is 46.3 Å². The molecule has 1 saturated heterocycles. The fourth-order valence-electron chi connectivity index (χ4n) is 3.65. The second-order valence-electron chi connectivity index (χ2n) is 7.54. The monoisotopic (exact) mass is 429 g/mol. The number of nitrogens with zero attached hydrogens (tertiary/aromatic N) is 4. The molecule has 1 aliphatic rings. The lowest BCUT2D eigenvalue weighted by Crippen LogP contribution is -2.38. The molecule has 30 heavy (non-hydrogen) atoms. The highest BCUT2D eigenvalue weighted by Gasteiger charge is 2.25. The number of benzene rings is 1. The standard InChI is InChI=1S/C22H28ClN5O2/c1-3-28-14-17(16(2)26-28)13-27-9-11-30-22(15-27)20-12-18(24-25-20)8-10-29-21-7-5-4-6-19(21)23/h4-7,12,14,22H,3,8-11,13,15H2,1-2H3,(H,24,25)/t22-/m1/s1. The molecule has 0 amide bonds. The van der Waals surface area contributed by atoms with Crippen LogP contribution in [0.5, 0.6) is 5.75 Å². The van der Waals surface area contributed by atoms with Crippen LogP contribution in [-0.4, -0.2) is 51.2 Å². The number of morpholine rings is 1. The second kappa shape index (κ2) is 9.64. The summed E-state index contributed by atoms with van der Waals surface area (Å²) in [6.07, 6.45) is 2.84. The predicted octanol–water partition coefficient (Wildman–Crippen LogP) is 3.78. The van der Waals surface area contributed by atoms with Crippen molar-refractivity contribution in [1.82, 2.24) is 24.9 Å². The summed E-state index contributed by atoms with van der Waals surface area (Å²) < 4.78 is 13.8. The average Bonchev–Trinajstić information content (AvgIpc) is 3.36. The molecule has 1 atom stereocenters. The third kappa shape index (κ3) is 5.03. The third-order valence-corrected chi connectivity index (χ3v) is 5.68. The Morgan fingerprint density at radius 3 is 3.00 bits per heavy atom. The van der Waals surface area contributed by atoms with E-state index in [9.17, 15) is 0 Å². The van der Waals surface area contributed by atoms with Gasteiger partial charge in [0, 0.05) is 50.1 Å². The first-order valence-corrected chi connectivity index (χ1v) is 10.8. The van der Waals surface area contributed by atoms with Gasteiger partial charge in [-0.15, -0.1) is 0 Å². The van der Waals surface area contributed by atoms with Crippen LogP contribution in [0.3, 0.4) is 0 Å². The number of aromatic amines is 1. The third-order valence-electron chi connectivity index (χ3n) is 5.36. The lowest BCUT2D eigenvalue weighted by molar-refractivity contribution is -0.0350. The van der Waals surface area contributed by atoms with E-state index >= 15 is 0 Å². The van der Waals surface area contributed by atoms with Gasteiger partial charge in [-0.05, 0) is 32.0 Å². The van der Waals surface area contributed by atoms with E-state index in [4.69, 9.17) is 21.1 Å². The number of ether oxygens (including phenoxy) is 2. The zero-order chi connectivity index (χ0) is 20.9. The Kier molecular flexibility index (Phi) is 6.72. The summed E-state index contributed by atoms with van der Waals surface area (Å²) in [5.74, 6) is 0.701. The van der Waals surface area contributed by atoms with Gasteiger partial charge in [-0.1, -0.05) is 23.7 Å². The first kappa shape index (κ1) is 20.9. The van der Waals surface area contributed by atoms with Crippen LogP contribution in [0.4, 0.5) is 0 Å². The van der Waals surface area contributed by atoms with Gasteiger partial charge in [0.25, 0.3) is 0 Å². The van der Waals surface area contributed by atoms with Gasteiger partial charge in [-0.25, -0.2) is 0 Å². The highest BCUT2D eigenvalue weighted by molar-refractivity contribution is 6.32. The molecule has 1 aliphatic heterocycles. The average molecular weight is 430 g/mol. The first-order chi connectivity index (χ1) is 14.6. The summed E-state index contributed by atoms with van der Waals surface area (Å²) in [4.78, 5) is 2.41. The minimum Gasteiger partial charge on any atom is -0.492 e. The van der Waals surface area contributed by atoms with E-state index in [-0.39, 0.29) is 6.10 Å². The molecule has 4 rings (SSSR count). The SMILES string of the molecule is CCn1cc(CN2CCO[C@@H](c3cc(CCOc4ccccc4Cl)[nH]n3)C2)c(C)n1. The van der Waals surface area contributed by atoms with E-state index in [1.165, 1.54) is 5.56 Å². The molecule has 7 nitrogen and oxygen atoms in total. The van der Waals surface area contributed by atoms with Crippen molar-refractivity contribution in [2.75, 3.05) is 26.3 Å². The molecular formula is C22H28ClN5O2. The molecule has 0 spiro atoms. The van der Waals surface area contributed by atoms with Crippen molar-refractivity contribution in [3.63, 3.8) is 0 Å². The molecule has 1 N–H and O–H groups in total. The molecule has 1 fully saturated rings. The molecular weight excluding hydrogens is 402 g/mol. The molecule has 0 unspecified atom stereocenters. The summed E-state index contributed by atoms with van der Waals surface area (Å²) in [7, 11) is 0. The van der Waals surface area contributed by atoms with E-state index < -0.39 is 0 Å². The molecule has 0 saturated carbocycles. The number of nitrogens with one attached hydrogen (secondary N) is 1. The van der Waals surface area contributed by atoms with Crippen LogP contribution in [0.2, 0.25) is 5.02 Å². The summed E-state index contributed by atoms with van der Waals surface area (Å²) in [6.45, 7) is 8.91. The maximum Gasteiger partial charge on any atom is 0.137 e. The Labute approximate surface area is 181 Å². The minimum absolute atomic E-state index is 0.0326. The zero-order valence-corrected chi connectivity index (χ0v) is 18.2. The van der Waals surface area contributed by atoms with E-state index in [0.29, 0.717) is 24.0 Å². The zero-order valence-electron chi connectivity index (χ0n) is 17.5. The molecule has 2 aromatic heterocycles. The molecule has 0 bridgehead atoms. The van der Waals surface area contributed by atoms with Crippen LogP contribution in [0.15, 0.2) is 36.5 Å². The lowest BCUT2D eigenvalue weighted by atomic mass is 10.1. The van der Waals surface area contributed by atoms with Crippen LogP contribution in [0.25, 0.3) is 0 Å². The number of hydrogen-bond donors (Lipinski definition) is 1. The number of rotatable bonds is 8. The molecule has 8 heteroatoms. The topological polar surface area (TPSA) is 68.2 Å². The van der Waals surface area contributed by atoms with E-state index in [1.54, 1.807) is 0 Å². The predicted molar refractivity (Wildman–Crippen MR) is 116 cm³/mol. The van der Waals surface area contributed by atoms with E-state index in [0.717, 1.165) is 49.7 Å². The molecule has 3 heterocycles. The number of aryl methyl sites for hydroxylation is 2. The summed E-state index contributed by atoms with van der Waals surface area (Å²) >= 11 is 6.13. The van der Waals surface area contributed by atoms with E-state index in [1.807, 2.05) is 28.9 Å². The Morgan fingerprint density at radius 1 is 1.33 bits per heavy atom. The van der Waals surface area contributed by atoms with Crippen molar-refractivity contribution in [3.8, 4) is 5.75 Å². The Hall–Kier alpha value is -2.35. The van der Waals surface area contributed by atoms with Gasteiger partial charge < -0.3 is 9.47 Å². The Balaban J connectivity index is 1.31. The van der Waals surface area contributed by atoms with Gasteiger partial charge in [0.1, 0.15) is 11.9 Å². The van der Waals surface area contributed by atoms with Crippen LogP contribution in [0, 0.1) is 6.92 Å². The van der Waals surface area contributed by atoms with Gasteiger partial charge in [-0.2, -0.15) is 10.2 Å². The Bertz CT molecular complexity index is 970. The molecule has 3 aromatic rings. The van der Waals surface area contributed by atoms with Crippen molar-refractivity contribution in [3.05, 3.63) is 64.2 Å². The number of aromatic nitrogens is 4. The fourth-order valence-corrected chi connectivity index (χ4v) is 3.84. The molecule has 160 valence electrons. The smallest absolute Gasteiger partial charge is 0.137 e. The normalized spacial score (nSPS) is 17.4. The largest absolute Gasteiger partial charge is 0.492 e. The maximum absolute atomic E-state index is 6.13. The van der Waals surface area contributed by atoms with Gasteiger partial charge in [0.05, 0.1) is 29.6 Å². The highest BCUT2D eigenvalue weighted by atomic mass is 35.5. The first-order valence-electron chi connectivity index (χ1n) is 10.4. The number of para-hydroxylation sites is 1. The van der Waals surface area contributed by atoms with Crippen molar-refractivity contribution in [2.45, 2.75) is 39.5 Å². The highest BCUT2D eigenvalue weighted by Crippen LogP contribution is 2.25. The van der Waals surface area contributed by atoms with Crippen molar-refractivity contribution in [2.24, 2.45) is 0 Å². The minimum atomic E-state index is -0.0326. The summed E-state index contributed by atoms with van der Waals surface area (Å²) in [5, 5.41) is 12.8. The Morgan fingerprint density at radius 2 is 2.20 bits per heavy atom. The van der Waals surface area contributed by atoms with Crippen molar-refractivity contribution < 1.29 is 9.47 Å². The van der Waals surface area contributed by atoms with Crippen LogP contribution in [-0.2, 0) is 24.2 Å². The van der Waals surface area contributed by atoms with Crippen molar-refractivity contribution >= 4 is 11.6 Å². The second-order valence-corrected chi connectivity index (χ2v) is 7.94. The maximum atomic E-state index is 6.13. The van der Waals surface area contributed by atoms with Gasteiger partial charge >= 0.3 is 0 Å². The number of H-pyrrole nitrogens is 1. The molecule has 1 aromatic carbocycles. The molecule has 0 aliphatic carbocycles. The lowest BCUT2D eigenvalue weighted by Gasteiger charge is -2.31. The van der Waals surface area contributed by atoms with Gasteiger partial charge in [-0.3, -0.25) is 14.7 Å². The quantitative estimate of drug-likeness (QED) is 0.590. The fraction of sp³-hybridized carbons (Fsp3) is 0.455. The number of hydrogen-bond acceptors (Lipinski definition) is 5. The van der Waals surface area contributed by atoms with Gasteiger partial charge in [0.15, 0.2) is 0 Å². The van der Waals surface area contributed by atoms with Crippen LogP contribution in [0.1, 0.15) is 35.7 Å². The molecule has 0 radical (unpaired) electrons.